The normalized spacial score (nSPS) is 12.9. The van der Waals surface area contributed by atoms with Gasteiger partial charge in [-0.25, -0.2) is 0 Å². The molecule has 0 radical (unpaired) electrons. The van der Waals surface area contributed by atoms with E-state index >= 15 is 0 Å². The van der Waals surface area contributed by atoms with Crippen LogP contribution in [0.5, 0.6) is 0 Å². The van der Waals surface area contributed by atoms with E-state index in [9.17, 15) is 4.55 Å². The zero-order valence-corrected chi connectivity index (χ0v) is 16.1. The highest BCUT2D eigenvalue weighted by Crippen LogP contribution is 2.42. The molecular weight excluding hydrogens is 376 g/mol. The van der Waals surface area contributed by atoms with E-state index in [1.165, 1.54) is 0 Å². The molecule has 2 nitrogen and oxygen atoms in total. The third-order valence-corrected chi connectivity index (χ3v) is 6.37. The van der Waals surface area contributed by atoms with Gasteiger partial charge >= 0.3 is 0 Å². The van der Waals surface area contributed by atoms with Crippen molar-refractivity contribution in [1.82, 2.24) is 0 Å². The highest BCUT2D eigenvalue weighted by molar-refractivity contribution is 7.91. The number of halogens is 1. The molecule has 5 aromatic rings. The van der Waals surface area contributed by atoms with E-state index in [4.69, 9.17) is 16.0 Å². The van der Waals surface area contributed by atoms with Crippen molar-refractivity contribution in [2.75, 3.05) is 6.26 Å². The molecule has 132 valence electrons. The fourth-order valence-corrected chi connectivity index (χ4v) is 5.12. The van der Waals surface area contributed by atoms with E-state index in [1.807, 2.05) is 42.5 Å². The van der Waals surface area contributed by atoms with Crippen molar-refractivity contribution in [1.29, 1.82) is 0 Å². The molecular formula is C23H15ClO2S. The molecule has 0 spiro atoms. The molecule has 0 amide bonds. The van der Waals surface area contributed by atoms with Crippen LogP contribution in [-0.4, -0.2) is 10.8 Å². The maximum absolute atomic E-state index is 12.4. The zero-order chi connectivity index (χ0) is 18.5. The first-order valence-corrected chi connectivity index (χ1v) is 10.5. The first kappa shape index (κ1) is 16.7. The Labute approximate surface area is 164 Å². The summed E-state index contributed by atoms with van der Waals surface area (Å²) in [5.74, 6) is 0. The van der Waals surface area contributed by atoms with Gasteiger partial charge in [-0.3, -0.25) is 0 Å². The fraction of sp³-hybridized carbons (Fsp3) is 0.0435. The molecule has 4 heteroatoms. The Bertz CT molecular complexity index is 1320. The van der Waals surface area contributed by atoms with Crippen LogP contribution in [-0.2, 0) is 11.2 Å². The average molecular weight is 391 g/mol. The van der Waals surface area contributed by atoms with Crippen LogP contribution in [0.2, 0.25) is 5.02 Å². The molecule has 0 bridgehead atoms. The van der Waals surface area contributed by atoms with Crippen LogP contribution >= 0.6 is 11.6 Å². The van der Waals surface area contributed by atoms with Crippen molar-refractivity contribution in [3.8, 4) is 11.1 Å². The molecule has 0 aliphatic heterocycles. The standard InChI is InChI=1S/C23H15ClO2S/c1-27(25)23-17(9-4-10-19(23)24)16-8-5-11-20-21(16)18-13-12-14-6-2-3-7-15(14)22(18)26-20/h2-13H,1H3. The maximum Gasteiger partial charge on any atom is 0.178 e. The minimum atomic E-state index is -1.20. The van der Waals surface area contributed by atoms with Gasteiger partial charge in [0.15, 0.2) is 4.90 Å². The lowest BCUT2D eigenvalue weighted by molar-refractivity contribution is 0.601. The SMILES string of the molecule is C[S+]([O-])c1c(Cl)cccc1-c1cccc2oc3c4ccccc4ccc3c12. The van der Waals surface area contributed by atoms with Gasteiger partial charge in [0.25, 0.3) is 0 Å². The molecule has 1 unspecified atom stereocenters. The fourth-order valence-electron chi connectivity index (χ4n) is 3.79. The smallest absolute Gasteiger partial charge is 0.178 e. The third kappa shape index (κ3) is 2.54. The number of hydrogen-bond acceptors (Lipinski definition) is 2. The summed E-state index contributed by atoms with van der Waals surface area (Å²) in [6.45, 7) is 0. The monoisotopic (exact) mass is 390 g/mol. The van der Waals surface area contributed by atoms with Crippen LogP contribution in [0.4, 0.5) is 0 Å². The molecule has 1 atom stereocenters. The number of furan rings is 1. The topological polar surface area (TPSA) is 36.2 Å². The Balaban J connectivity index is 1.93. The molecule has 27 heavy (non-hydrogen) atoms. The lowest BCUT2D eigenvalue weighted by Crippen LogP contribution is -2.01. The number of benzene rings is 4. The van der Waals surface area contributed by atoms with Crippen molar-refractivity contribution in [3.05, 3.63) is 77.8 Å². The number of hydrogen-bond donors (Lipinski definition) is 0. The van der Waals surface area contributed by atoms with E-state index in [0.29, 0.717) is 9.92 Å². The van der Waals surface area contributed by atoms with E-state index < -0.39 is 11.2 Å². The summed E-state index contributed by atoms with van der Waals surface area (Å²) in [5.41, 5.74) is 3.54. The van der Waals surface area contributed by atoms with E-state index in [0.717, 1.165) is 43.8 Å². The zero-order valence-electron chi connectivity index (χ0n) is 14.5. The van der Waals surface area contributed by atoms with Gasteiger partial charge in [-0.05, 0) is 46.4 Å². The molecule has 1 heterocycles. The summed E-state index contributed by atoms with van der Waals surface area (Å²) >= 11 is 5.18. The van der Waals surface area contributed by atoms with Crippen molar-refractivity contribution in [2.45, 2.75) is 4.90 Å². The van der Waals surface area contributed by atoms with E-state index in [-0.39, 0.29) is 0 Å². The van der Waals surface area contributed by atoms with Crippen molar-refractivity contribution < 1.29 is 8.97 Å². The second-order valence-corrected chi connectivity index (χ2v) is 8.24. The second-order valence-electron chi connectivity index (χ2n) is 6.51. The van der Waals surface area contributed by atoms with Crippen LogP contribution < -0.4 is 0 Å². The second kappa shape index (κ2) is 6.31. The Morgan fingerprint density at radius 3 is 2.44 bits per heavy atom. The minimum absolute atomic E-state index is 0.517. The predicted molar refractivity (Wildman–Crippen MR) is 114 cm³/mol. The molecule has 0 saturated carbocycles. The van der Waals surface area contributed by atoms with Crippen molar-refractivity contribution >= 4 is 55.5 Å². The first-order valence-electron chi connectivity index (χ1n) is 8.60. The molecule has 0 aliphatic rings. The third-order valence-electron chi connectivity index (χ3n) is 4.93. The highest BCUT2D eigenvalue weighted by atomic mass is 35.5. The number of fused-ring (bicyclic) bond motifs is 5. The largest absolute Gasteiger partial charge is 0.612 e. The van der Waals surface area contributed by atoms with Gasteiger partial charge in [-0.15, -0.1) is 0 Å². The summed E-state index contributed by atoms with van der Waals surface area (Å²) in [5, 5.41) is 4.81. The van der Waals surface area contributed by atoms with Crippen LogP contribution in [0.15, 0.2) is 82.1 Å². The summed E-state index contributed by atoms with van der Waals surface area (Å²) in [6.07, 6.45) is 1.66. The van der Waals surface area contributed by atoms with Crippen molar-refractivity contribution in [3.63, 3.8) is 0 Å². The summed E-state index contributed by atoms with van der Waals surface area (Å²) in [7, 11) is 0. The van der Waals surface area contributed by atoms with Gasteiger partial charge in [0.05, 0.1) is 5.02 Å². The van der Waals surface area contributed by atoms with Crippen LogP contribution in [0.1, 0.15) is 0 Å². The van der Waals surface area contributed by atoms with Gasteiger partial charge in [-0.1, -0.05) is 60.1 Å². The molecule has 0 saturated heterocycles. The molecule has 0 N–H and O–H groups in total. The Hall–Kier alpha value is -2.46. The molecule has 1 aromatic heterocycles. The summed E-state index contributed by atoms with van der Waals surface area (Å²) in [4.78, 5) is 0.654. The molecule has 4 aromatic carbocycles. The van der Waals surface area contributed by atoms with Crippen LogP contribution in [0, 0.1) is 0 Å². The molecule has 0 fully saturated rings. The molecule has 5 rings (SSSR count). The van der Waals surface area contributed by atoms with E-state index in [2.05, 4.69) is 24.3 Å². The highest BCUT2D eigenvalue weighted by Gasteiger charge is 2.21. The van der Waals surface area contributed by atoms with Gasteiger partial charge in [0, 0.05) is 21.7 Å². The first-order chi connectivity index (χ1) is 13.1. The van der Waals surface area contributed by atoms with Crippen LogP contribution in [0.3, 0.4) is 0 Å². The van der Waals surface area contributed by atoms with Gasteiger partial charge in [0.1, 0.15) is 17.4 Å². The van der Waals surface area contributed by atoms with Gasteiger partial charge in [-0.2, -0.15) is 0 Å². The van der Waals surface area contributed by atoms with Gasteiger partial charge < -0.3 is 8.97 Å². The average Bonchev–Trinajstić information content (AvgIpc) is 3.06. The molecule has 0 aliphatic carbocycles. The Morgan fingerprint density at radius 2 is 1.59 bits per heavy atom. The minimum Gasteiger partial charge on any atom is -0.612 e. The summed E-state index contributed by atoms with van der Waals surface area (Å²) in [6, 6.07) is 24.0. The van der Waals surface area contributed by atoms with Crippen molar-refractivity contribution in [2.24, 2.45) is 0 Å². The maximum atomic E-state index is 12.4. The number of rotatable bonds is 2. The summed E-state index contributed by atoms with van der Waals surface area (Å²) < 4.78 is 18.6. The van der Waals surface area contributed by atoms with Gasteiger partial charge in [0.2, 0.25) is 0 Å². The lowest BCUT2D eigenvalue weighted by Gasteiger charge is -2.13. The lowest BCUT2D eigenvalue weighted by atomic mass is 9.98. The Kier molecular flexibility index (Phi) is 3.90. The predicted octanol–water partition coefficient (Wildman–Crippen LogP) is 6.80. The van der Waals surface area contributed by atoms with Crippen LogP contribution in [0.25, 0.3) is 43.8 Å². The van der Waals surface area contributed by atoms with E-state index in [1.54, 1.807) is 12.3 Å². The Morgan fingerprint density at radius 1 is 0.815 bits per heavy atom. The quantitative estimate of drug-likeness (QED) is 0.311.